The van der Waals surface area contributed by atoms with Crippen molar-refractivity contribution in [2.45, 2.75) is 13.0 Å². The molecule has 0 aliphatic heterocycles. The lowest BCUT2D eigenvalue weighted by Crippen LogP contribution is -2.34. The van der Waals surface area contributed by atoms with Crippen LogP contribution in [0.2, 0.25) is 0 Å². The second kappa shape index (κ2) is 7.62. The first-order chi connectivity index (χ1) is 11.4. The molecule has 1 aromatic heterocycles. The number of carbonyl (C=O) groups is 2. The molecule has 2 rings (SSSR count). The molecule has 1 amide bonds. The number of anilines is 1. The molecule has 0 fully saturated rings. The number of nitrogens with two attached hydrogens (primary N) is 1. The number of rotatable bonds is 6. The molecule has 0 unspecified atom stereocenters. The lowest BCUT2D eigenvalue weighted by Gasteiger charge is -2.10. The maximum absolute atomic E-state index is 12.1. The van der Waals surface area contributed by atoms with Crippen LogP contribution in [0.15, 0.2) is 30.5 Å². The minimum Gasteiger partial charge on any atom is -0.394 e. The summed E-state index contributed by atoms with van der Waals surface area (Å²) in [6.07, 6.45) is 0.364. The molecule has 8 nitrogen and oxygen atoms in total. The van der Waals surface area contributed by atoms with Crippen LogP contribution >= 0.6 is 0 Å². The third-order valence-electron chi connectivity index (χ3n) is 3.31. The van der Waals surface area contributed by atoms with Crippen LogP contribution in [0, 0.1) is 0 Å². The number of hydrogen-bond acceptors (Lipinski definition) is 7. The summed E-state index contributed by atoms with van der Waals surface area (Å²) >= 11 is 0. The Balaban J connectivity index is 2.24. The lowest BCUT2D eigenvalue weighted by molar-refractivity contribution is 0.0799. The predicted octanol–water partition coefficient (Wildman–Crippen LogP) is 0.0114. The highest BCUT2D eigenvalue weighted by Gasteiger charge is 2.15. The minimum atomic E-state index is -1.06. The van der Waals surface area contributed by atoms with E-state index in [4.69, 9.17) is 10.8 Å². The van der Waals surface area contributed by atoms with E-state index in [2.05, 4.69) is 15.3 Å². The maximum atomic E-state index is 12.1. The van der Waals surface area contributed by atoms with Crippen LogP contribution in [0.3, 0.4) is 0 Å². The zero-order chi connectivity index (χ0) is 17.7. The molecular formula is C16H18N4O4. The van der Waals surface area contributed by atoms with Gasteiger partial charge < -0.3 is 21.3 Å². The Bertz CT molecular complexity index is 746. The SMILES string of the molecule is CC(=O)c1ccc(-c2cnc(N)c(C(=O)NC[C@H](O)CO)n2)cc1. The average Bonchev–Trinajstić information content (AvgIpc) is 2.59. The number of benzene rings is 1. The molecule has 1 heterocycles. The zero-order valence-electron chi connectivity index (χ0n) is 13.1. The normalized spacial score (nSPS) is 11.8. The quantitative estimate of drug-likeness (QED) is 0.547. The van der Waals surface area contributed by atoms with Gasteiger partial charge in [0.05, 0.1) is 24.6 Å². The van der Waals surface area contributed by atoms with Crippen molar-refractivity contribution < 1.29 is 19.8 Å². The van der Waals surface area contributed by atoms with E-state index in [1.54, 1.807) is 24.3 Å². The summed E-state index contributed by atoms with van der Waals surface area (Å²) in [5.74, 6) is -0.697. The molecule has 0 aliphatic rings. The maximum Gasteiger partial charge on any atom is 0.273 e. The highest BCUT2D eigenvalue weighted by molar-refractivity contribution is 5.97. The molecule has 0 radical (unpaired) electrons. The second-order valence-corrected chi connectivity index (χ2v) is 5.17. The first kappa shape index (κ1) is 17.5. The van der Waals surface area contributed by atoms with Crippen LogP contribution in [0.25, 0.3) is 11.3 Å². The molecule has 24 heavy (non-hydrogen) atoms. The number of hydrogen-bond donors (Lipinski definition) is 4. The molecule has 5 N–H and O–H groups in total. The Hall–Kier alpha value is -2.84. The highest BCUT2D eigenvalue weighted by atomic mass is 16.3. The molecular weight excluding hydrogens is 312 g/mol. The molecule has 1 aromatic carbocycles. The van der Waals surface area contributed by atoms with Gasteiger partial charge >= 0.3 is 0 Å². The van der Waals surface area contributed by atoms with Gasteiger partial charge in [0.1, 0.15) is 0 Å². The first-order valence-electron chi connectivity index (χ1n) is 7.23. The van der Waals surface area contributed by atoms with Crippen molar-refractivity contribution in [3.05, 3.63) is 41.7 Å². The number of Topliss-reactive ketones (excluding diaryl/α,β-unsaturated/α-hetero) is 1. The lowest BCUT2D eigenvalue weighted by atomic mass is 10.1. The number of ketones is 1. The van der Waals surface area contributed by atoms with Gasteiger partial charge in [-0.1, -0.05) is 24.3 Å². The van der Waals surface area contributed by atoms with E-state index in [1.165, 1.54) is 13.1 Å². The summed E-state index contributed by atoms with van der Waals surface area (Å²) in [7, 11) is 0. The van der Waals surface area contributed by atoms with Crippen LogP contribution in [-0.2, 0) is 0 Å². The molecule has 2 aromatic rings. The number of nitrogen functional groups attached to an aromatic ring is 1. The highest BCUT2D eigenvalue weighted by Crippen LogP contribution is 2.19. The van der Waals surface area contributed by atoms with E-state index in [9.17, 15) is 14.7 Å². The van der Waals surface area contributed by atoms with Gasteiger partial charge in [0.2, 0.25) is 0 Å². The number of carbonyl (C=O) groups excluding carboxylic acids is 2. The summed E-state index contributed by atoms with van der Waals surface area (Å²) in [5.41, 5.74) is 7.27. The first-order valence-corrected chi connectivity index (χ1v) is 7.23. The Morgan fingerprint density at radius 2 is 1.96 bits per heavy atom. The summed E-state index contributed by atoms with van der Waals surface area (Å²) in [6, 6.07) is 6.72. The molecule has 1 atom stereocenters. The fourth-order valence-electron chi connectivity index (χ4n) is 1.94. The number of aromatic nitrogens is 2. The topological polar surface area (TPSA) is 138 Å². The second-order valence-electron chi connectivity index (χ2n) is 5.17. The third kappa shape index (κ3) is 4.12. The number of nitrogens with zero attached hydrogens (tertiary/aromatic N) is 2. The van der Waals surface area contributed by atoms with Crippen LogP contribution in [0.1, 0.15) is 27.8 Å². The third-order valence-corrected chi connectivity index (χ3v) is 3.31. The van der Waals surface area contributed by atoms with Gasteiger partial charge in [0, 0.05) is 17.7 Å². The molecule has 0 spiro atoms. The van der Waals surface area contributed by atoms with Gasteiger partial charge in [-0.3, -0.25) is 9.59 Å². The van der Waals surface area contributed by atoms with Crippen molar-refractivity contribution in [1.82, 2.24) is 15.3 Å². The van der Waals surface area contributed by atoms with Gasteiger partial charge in [0.25, 0.3) is 5.91 Å². The van der Waals surface area contributed by atoms with E-state index in [0.29, 0.717) is 16.8 Å². The van der Waals surface area contributed by atoms with Crippen LogP contribution < -0.4 is 11.1 Å². The molecule has 126 valence electrons. The van der Waals surface area contributed by atoms with Gasteiger partial charge in [-0.05, 0) is 6.92 Å². The van der Waals surface area contributed by atoms with Crippen LogP contribution in [-0.4, -0.2) is 51.1 Å². The fraction of sp³-hybridized carbons (Fsp3) is 0.250. The Labute approximate surface area is 138 Å². The van der Waals surface area contributed by atoms with E-state index in [1.807, 2.05) is 0 Å². The van der Waals surface area contributed by atoms with Gasteiger partial charge in [0.15, 0.2) is 17.3 Å². The van der Waals surface area contributed by atoms with Crippen molar-refractivity contribution in [3.8, 4) is 11.3 Å². The molecule has 0 saturated carbocycles. The largest absolute Gasteiger partial charge is 0.394 e. The summed E-state index contributed by atoms with van der Waals surface area (Å²) in [5, 5.41) is 20.4. The Morgan fingerprint density at radius 1 is 1.29 bits per heavy atom. The smallest absolute Gasteiger partial charge is 0.273 e. The number of aliphatic hydroxyl groups excluding tert-OH is 2. The van der Waals surface area contributed by atoms with Crippen molar-refractivity contribution in [1.29, 1.82) is 0 Å². The van der Waals surface area contributed by atoms with E-state index in [-0.39, 0.29) is 23.8 Å². The summed E-state index contributed by atoms with van der Waals surface area (Å²) in [4.78, 5) is 31.5. The Kier molecular flexibility index (Phi) is 5.56. The summed E-state index contributed by atoms with van der Waals surface area (Å²) < 4.78 is 0. The standard InChI is InChI=1S/C16H18N4O4/c1-9(22)10-2-4-11(5-3-10)13-7-18-15(17)14(20-13)16(24)19-6-12(23)8-21/h2-5,7,12,21,23H,6,8H2,1H3,(H2,17,18)(H,19,24)/t12-/m0/s1. The van der Waals surface area contributed by atoms with E-state index < -0.39 is 18.6 Å². The van der Waals surface area contributed by atoms with E-state index >= 15 is 0 Å². The Morgan fingerprint density at radius 3 is 2.54 bits per heavy atom. The fourth-order valence-corrected chi connectivity index (χ4v) is 1.94. The van der Waals surface area contributed by atoms with Crippen LogP contribution in [0.5, 0.6) is 0 Å². The number of nitrogens with one attached hydrogen (secondary N) is 1. The number of amides is 1. The molecule has 8 heteroatoms. The predicted molar refractivity (Wildman–Crippen MR) is 87.3 cm³/mol. The molecule has 0 aliphatic carbocycles. The zero-order valence-corrected chi connectivity index (χ0v) is 13.1. The van der Waals surface area contributed by atoms with Gasteiger partial charge in [-0.15, -0.1) is 0 Å². The monoisotopic (exact) mass is 330 g/mol. The van der Waals surface area contributed by atoms with Gasteiger partial charge in [-0.25, -0.2) is 9.97 Å². The summed E-state index contributed by atoms with van der Waals surface area (Å²) in [6.45, 7) is 0.874. The molecule has 0 saturated heterocycles. The minimum absolute atomic E-state index is 0.0462. The van der Waals surface area contributed by atoms with Crippen molar-refractivity contribution >= 4 is 17.5 Å². The van der Waals surface area contributed by atoms with Crippen molar-refractivity contribution in [2.75, 3.05) is 18.9 Å². The molecule has 0 bridgehead atoms. The van der Waals surface area contributed by atoms with E-state index in [0.717, 1.165) is 0 Å². The average molecular weight is 330 g/mol. The number of aliphatic hydroxyl groups is 2. The van der Waals surface area contributed by atoms with Crippen LogP contribution in [0.4, 0.5) is 5.82 Å². The van der Waals surface area contributed by atoms with Crippen molar-refractivity contribution in [3.63, 3.8) is 0 Å². The van der Waals surface area contributed by atoms with Crippen molar-refractivity contribution in [2.24, 2.45) is 0 Å². The van der Waals surface area contributed by atoms with Gasteiger partial charge in [-0.2, -0.15) is 0 Å².